The summed E-state index contributed by atoms with van der Waals surface area (Å²) in [6.07, 6.45) is 5.47. The second kappa shape index (κ2) is 5.01. The van der Waals surface area contributed by atoms with Crippen molar-refractivity contribution in [2.24, 2.45) is 5.92 Å². The van der Waals surface area contributed by atoms with Crippen LogP contribution in [0.5, 0.6) is 0 Å². The van der Waals surface area contributed by atoms with Gasteiger partial charge in [0, 0.05) is 5.41 Å². The Balaban J connectivity index is 1.95. The number of hydrogen-bond acceptors (Lipinski definition) is 0. The van der Waals surface area contributed by atoms with Crippen LogP contribution in [0, 0.1) is 5.92 Å². The van der Waals surface area contributed by atoms with E-state index >= 15 is 0 Å². The minimum atomic E-state index is 0.215. The summed E-state index contributed by atoms with van der Waals surface area (Å²) >= 11 is 0. The lowest BCUT2D eigenvalue weighted by Gasteiger charge is -2.40. The smallest absolute Gasteiger partial charge is 0.0856 e. The quantitative estimate of drug-likeness (QED) is 0.624. The maximum Gasteiger partial charge on any atom is 0.144 e. The third kappa shape index (κ3) is 1.78. The first-order chi connectivity index (χ1) is 10.7. The Labute approximate surface area is 135 Å². The van der Waals surface area contributed by atoms with E-state index in [4.69, 9.17) is 0 Å². The molecule has 0 amide bonds. The molecule has 0 aromatic heterocycles. The van der Waals surface area contributed by atoms with Gasteiger partial charge in [-0.25, -0.2) is 0 Å². The molecule has 0 N–H and O–H groups in total. The van der Waals surface area contributed by atoms with E-state index in [9.17, 15) is 0 Å². The summed E-state index contributed by atoms with van der Waals surface area (Å²) in [5.74, 6) is 0.778. The SMILES string of the molecule is CB1CC(c2ccccc2)(c2ccccc2)C2CCC[C@@]12C. The zero-order valence-electron chi connectivity index (χ0n) is 13.8. The van der Waals surface area contributed by atoms with E-state index in [0.29, 0.717) is 5.31 Å². The predicted molar refractivity (Wildman–Crippen MR) is 95.8 cm³/mol. The fourth-order valence-electron chi connectivity index (χ4n) is 5.72. The summed E-state index contributed by atoms with van der Waals surface area (Å²) in [4.78, 5) is 0. The minimum absolute atomic E-state index is 0.215. The van der Waals surface area contributed by atoms with Crippen molar-refractivity contribution in [3.63, 3.8) is 0 Å². The van der Waals surface area contributed by atoms with Crippen LogP contribution in [0.3, 0.4) is 0 Å². The highest BCUT2D eigenvalue weighted by molar-refractivity contribution is 6.62. The van der Waals surface area contributed by atoms with Gasteiger partial charge in [-0.3, -0.25) is 0 Å². The van der Waals surface area contributed by atoms with Crippen molar-refractivity contribution in [3.05, 3.63) is 71.8 Å². The van der Waals surface area contributed by atoms with Crippen molar-refractivity contribution in [3.8, 4) is 0 Å². The minimum Gasteiger partial charge on any atom is -0.0856 e. The molecule has 112 valence electrons. The average Bonchev–Trinajstić information content (AvgIpc) is 3.06. The number of fused-ring (bicyclic) bond motifs is 1. The van der Waals surface area contributed by atoms with Crippen molar-refractivity contribution in [1.82, 2.24) is 0 Å². The molecular weight excluding hydrogens is 263 g/mol. The summed E-state index contributed by atoms with van der Waals surface area (Å²) in [5, 5.41) is 0.506. The van der Waals surface area contributed by atoms with Crippen LogP contribution in [-0.2, 0) is 5.41 Å². The van der Waals surface area contributed by atoms with Gasteiger partial charge in [-0.05, 0) is 28.8 Å². The molecule has 2 aromatic rings. The molecule has 0 bridgehead atoms. The fourth-order valence-corrected chi connectivity index (χ4v) is 5.72. The van der Waals surface area contributed by atoms with Crippen LogP contribution in [-0.4, -0.2) is 6.71 Å². The monoisotopic (exact) mass is 288 g/mol. The third-order valence-electron chi connectivity index (χ3n) is 6.93. The summed E-state index contributed by atoms with van der Waals surface area (Å²) in [6, 6.07) is 22.6. The maximum atomic E-state index is 2.56. The van der Waals surface area contributed by atoms with Crippen molar-refractivity contribution >= 4 is 6.71 Å². The number of hydrogen-bond donors (Lipinski definition) is 0. The number of benzene rings is 2. The second-order valence-corrected chi connectivity index (χ2v) is 7.76. The van der Waals surface area contributed by atoms with Gasteiger partial charge in [0.1, 0.15) is 6.71 Å². The molecular formula is C21H25B. The molecule has 2 aromatic carbocycles. The summed E-state index contributed by atoms with van der Waals surface area (Å²) in [6.45, 7) is 5.84. The Kier molecular flexibility index (Phi) is 3.22. The van der Waals surface area contributed by atoms with Crippen LogP contribution in [0.2, 0.25) is 18.5 Å². The number of rotatable bonds is 2. The van der Waals surface area contributed by atoms with Gasteiger partial charge in [0.05, 0.1) is 0 Å². The molecule has 22 heavy (non-hydrogen) atoms. The van der Waals surface area contributed by atoms with Gasteiger partial charge >= 0.3 is 0 Å². The molecule has 1 unspecified atom stereocenters. The second-order valence-electron chi connectivity index (χ2n) is 7.76. The molecule has 0 radical (unpaired) electrons. The Bertz CT molecular complexity index is 609. The topological polar surface area (TPSA) is 0 Å². The molecule has 4 rings (SSSR count). The molecule has 2 atom stereocenters. The molecule has 2 fully saturated rings. The van der Waals surface area contributed by atoms with E-state index in [1.54, 1.807) is 0 Å². The first-order valence-electron chi connectivity index (χ1n) is 8.79. The van der Waals surface area contributed by atoms with Crippen LogP contribution in [0.25, 0.3) is 0 Å². The standard InChI is InChI=1S/C21H25B/c1-20-15-9-14-19(20)21(16-22(20)2,17-10-5-3-6-11-17)18-12-7-4-8-13-18/h3-8,10-13,19H,9,14-16H2,1-2H3/t19?,20-/m1/s1. The van der Waals surface area contributed by atoms with Gasteiger partial charge in [0.15, 0.2) is 0 Å². The summed E-state index contributed by atoms with van der Waals surface area (Å²) < 4.78 is 0. The lowest BCUT2D eigenvalue weighted by atomic mass is 9.36. The van der Waals surface area contributed by atoms with E-state index < -0.39 is 0 Å². The van der Waals surface area contributed by atoms with E-state index in [1.807, 2.05) is 0 Å². The molecule has 1 aliphatic carbocycles. The van der Waals surface area contributed by atoms with Crippen LogP contribution in [0.4, 0.5) is 0 Å². The highest BCUT2D eigenvalue weighted by Crippen LogP contribution is 2.68. The Morgan fingerprint density at radius 1 is 0.909 bits per heavy atom. The van der Waals surface area contributed by atoms with Gasteiger partial charge in [-0.1, -0.05) is 93.6 Å². The first-order valence-corrected chi connectivity index (χ1v) is 8.79. The van der Waals surface area contributed by atoms with Crippen molar-refractivity contribution in [1.29, 1.82) is 0 Å². The molecule has 2 aliphatic rings. The Morgan fingerprint density at radius 2 is 1.45 bits per heavy atom. The molecule has 0 nitrogen and oxygen atoms in total. The van der Waals surface area contributed by atoms with Crippen molar-refractivity contribution < 1.29 is 0 Å². The van der Waals surface area contributed by atoms with Gasteiger partial charge < -0.3 is 0 Å². The fraction of sp³-hybridized carbons (Fsp3) is 0.429. The highest BCUT2D eigenvalue weighted by Gasteiger charge is 2.61. The average molecular weight is 288 g/mol. The summed E-state index contributed by atoms with van der Waals surface area (Å²) in [5.41, 5.74) is 3.28. The van der Waals surface area contributed by atoms with E-state index in [0.717, 1.165) is 12.6 Å². The van der Waals surface area contributed by atoms with Crippen molar-refractivity contribution in [2.45, 2.75) is 50.1 Å². The van der Waals surface area contributed by atoms with Gasteiger partial charge in [-0.2, -0.15) is 0 Å². The van der Waals surface area contributed by atoms with E-state index in [1.165, 1.54) is 36.7 Å². The molecule has 1 saturated carbocycles. The van der Waals surface area contributed by atoms with E-state index in [-0.39, 0.29) is 5.41 Å². The largest absolute Gasteiger partial charge is 0.144 e. The lowest BCUT2D eigenvalue weighted by molar-refractivity contribution is 0.327. The maximum absolute atomic E-state index is 2.56. The van der Waals surface area contributed by atoms with Gasteiger partial charge in [-0.15, -0.1) is 0 Å². The highest BCUT2D eigenvalue weighted by atomic mass is 14.6. The van der Waals surface area contributed by atoms with Crippen LogP contribution >= 0.6 is 0 Å². The molecule has 1 aliphatic heterocycles. The Hall–Kier alpha value is -1.50. The zero-order valence-corrected chi connectivity index (χ0v) is 13.8. The summed E-state index contributed by atoms with van der Waals surface area (Å²) in [7, 11) is 0. The van der Waals surface area contributed by atoms with Crippen LogP contribution in [0.15, 0.2) is 60.7 Å². The lowest BCUT2D eigenvalue weighted by Crippen LogP contribution is -2.33. The molecule has 1 saturated heterocycles. The third-order valence-corrected chi connectivity index (χ3v) is 6.93. The van der Waals surface area contributed by atoms with Crippen LogP contribution < -0.4 is 0 Å². The molecule has 1 heteroatoms. The Morgan fingerprint density at radius 3 is 2.00 bits per heavy atom. The first kappa shape index (κ1) is 14.1. The normalized spacial score (nSPS) is 29.5. The molecule has 1 heterocycles. The van der Waals surface area contributed by atoms with Gasteiger partial charge in [0.25, 0.3) is 0 Å². The van der Waals surface area contributed by atoms with Gasteiger partial charge in [0.2, 0.25) is 0 Å². The molecule has 0 spiro atoms. The van der Waals surface area contributed by atoms with E-state index in [2.05, 4.69) is 74.4 Å². The van der Waals surface area contributed by atoms with Crippen molar-refractivity contribution in [2.75, 3.05) is 0 Å². The zero-order chi connectivity index (χ0) is 15.2. The van der Waals surface area contributed by atoms with Crippen LogP contribution in [0.1, 0.15) is 37.3 Å². The predicted octanol–water partition coefficient (Wildman–Crippen LogP) is 5.67.